The van der Waals surface area contributed by atoms with Gasteiger partial charge < -0.3 is 29.2 Å². The summed E-state index contributed by atoms with van der Waals surface area (Å²) in [5.74, 6) is 1.26. The fraction of sp³-hybridized carbons (Fsp3) is 0.240. The molecule has 2 aliphatic rings. The Balaban J connectivity index is 1.45. The van der Waals surface area contributed by atoms with Gasteiger partial charge in [0, 0.05) is 30.0 Å². The lowest BCUT2D eigenvalue weighted by Crippen LogP contribution is -2.37. The molecule has 1 saturated heterocycles. The van der Waals surface area contributed by atoms with E-state index < -0.39 is 15.9 Å². The van der Waals surface area contributed by atoms with Gasteiger partial charge >= 0.3 is 0 Å². The SMILES string of the molecule is COc1ccc(NS(=O)(=O)c2cc(NC(=O)c3ccc4c(c3)OCO4)ccc2N2CCOCC2)cc1. The molecule has 1 amide bonds. The molecule has 0 unspecified atom stereocenters. The smallest absolute Gasteiger partial charge is 0.264 e. The molecule has 11 heteroatoms. The fourth-order valence-electron chi connectivity index (χ4n) is 3.98. The minimum atomic E-state index is -4.00. The number of morpholine rings is 1. The largest absolute Gasteiger partial charge is 0.497 e. The number of sulfonamides is 1. The van der Waals surface area contributed by atoms with E-state index in [1.807, 2.05) is 4.90 Å². The van der Waals surface area contributed by atoms with Crippen molar-refractivity contribution < 1.29 is 32.2 Å². The Hall–Kier alpha value is -3.96. The lowest BCUT2D eigenvalue weighted by Gasteiger charge is -2.30. The first-order valence-electron chi connectivity index (χ1n) is 11.3. The van der Waals surface area contributed by atoms with Crippen molar-refractivity contribution in [2.75, 3.05) is 55.1 Å². The standard InChI is InChI=1S/C25H25N3O7S/c1-32-20-6-3-18(4-7-20)27-36(30,31)24-15-19(5-8-21(24)28-10-12-33-13-11-28)26-25(29)17-2-9-22-23(14-17)35-16-34-22/h2-9,14-15,27H,10-13,16H2,1H3,(H,26,29). The highest BCUT2D eigenvalue weighted by Gasteiger charge is 2.25. The zero-order chi connectivity index (χ0) is 25.1. The van der Waals surface area contributed by atoms with E-state index >= 15 is 0 Å². The molecule has 3 aromatic rings. The van der Waals surface area contributed by atoms with Crippen molar-refractivity contribution in [3.63, 3.8) is 0 Å². The van der Waals surface area contributed by atoms with Gasteiger partial charge in [-0.2, -0.15) is 0 Å². The number of anilines is 3. The van der Waals surface area contributed by atoms with Crippen LogP contribution in [-0.2, 0) is 14.8 Å². The second-order valence-corrected chi connectivity index (χ2v) is 9.79. The van der Waals surface area contributed by atoms with E-state index in [1.165, 1.54) is 13.2 Å². The van der Waals surface area contributed by atoms with Gasteiger partial charge in [0.05, 0.1) is 26.0 Å². The Kier molecular flexibility index (Phi) is 6.57. The van der Waals surface area contributed by atoms with Crippen LogP contribution in [0, 0.1) is 0 Å². The molecule has 2 aliphatic heterocycles. The van der Waals surface area contributed by atoms with E-state index in [4.69, 9.17) is 18.9 Å². The quantitative estimate of drug-likeness (QED) is 0.497. The number of nitrogens with one attached hydrogen (secondary N) is 2. The second kappa shape index (κ2) is 9.96. The number of nitrogens with zero attached hydrogens (tertiary/aromatic N) is 1. The van der Waals surface area contributed by atoms with Gasteiger partial charge in [0.2, 0.25) is 6.79 Å². The van der Waals surface area contributed by atoms with Gasteiger partial charge in [-0.15, -0.1) is 0 Å². The maximum absolute atomic E-state index is 13.5. The van der Waals surface area contributed by atoms with Crippen molar-refractivity contribution in [1.29, 1.82) is 0 Å². The minimum Gasteiger partial charge on any atom is -0.497 e. The van der Waals surface area contributed by atoms with E-state index in [2.05, 4.69) is 10.0 Å². The molecular formula is C25H25N3O7S. The molecule has 188 valence electrons. The highest BCUT2D eigenvalue weighted by molar-refractivity contribution is 7.92. The van der Waals surface area contributed by atoms with Crippen LogP contribution in [0.25, 0.3) is 0 Å². The molecule has 2 N–H and O–H groups in total. The normalized spacial score (nSPS) is 14.9. The molecule has 0 bridgehead atoms. The van der Waals surface area contributed by atoms with Crippen molar-refractivity contribution in [2.24, 2.45) is 0 Å². The Morgan fingerprint density at radius 1 is 0.917 bits per heavy atom. The average molecular weight is 512 g/mol. The molecule has 10 nitrogen and oxygen atoms in total. The fourth-order valence-corrected chi connectivity index (χ4v) is 5.29. The molecular weight excluding hydrogens is 486 g/mol. The van der Waals surface area contributed by atoms with Crippen LogP contribution < -0.4 is 29.1 Å². The summed E-state index contributed by atoms with van der Waals surface area (Å²) in [5.41, 5.74) is 1.61. The van der Waals surface area contributed by atoms with Gasteiger partial charge in [0.15, 0.2) is 11.5 Å². The number of hydrogen-bond donors (Lipinski definition) is 2. The summed E-state index contributed by atoms with van der Waals surface area (Å²) < 4.78 is 50.9. The molecule has 2 heterocycles. The second-order valence-electron chi connectivity index (χ2n) is 8.14. The number of ether oxygens (including phenoxy) is 4. The monoisotopic (exact) mass is 511 g/mol. The third-order valence-corrected chi connectivity index (χ3v) is 7.25. The van der Waals surface area contributed by atoms with Gasteiger partial charge in [-0.3, -0.25) is 9.52 Å². The number of amides is 1. The third kappa shape index (κ3) is 5.02. The van der Waals surface area contributed by atoms with E-state index in [1.54, 1.807) is 54.6 Å². The zero-order valence-electron chi connectivity index (χ0n) is 19.5. The molecule has 3 aromatic carbocycles. The molecule has 36 heavy (non-hydrogen) atoms. The van der Waals surface area contributed by atoms with Crippen LogP contribution in [0.5, 0.6) is 17.2 Å². The Labute approximate surface area is 208 Å². The molecule has 0 radical (unpaired) electrons. The van der Waals surface area contributed by atoms with Crippen molar-refractivity contribution >= 4 is 33.0 Å². The molecule has 0 saturated carbocycles. The Morgan fingerprint density at radius 3 is 2.39 bits per heavy atom. The predicted octanol–water partition coefficient (Wildman–Crippen LogP) is 3.31. The predicted molar refractivity (Wildman–Crippen MR) is 134 cm³/mol. The van der Waals surface area contributed by atoms with Crippen LogP contribution in [0.4, 0.5) is 17.1 Å². The molecule has 1 fully saturated rings. The van der Waals surface area contributed by atoms with Crippen molar-refractivity contribution in [2.45, 2.75) is 4.90 Å². The summed E-state index contributed by atoms with van der Waals surface area (Å²) in [5, 5.41) is 2.78. The molecule has 5 rings (SSSR count). The number of methoxy groups -OCH3 is 1. The van der Waals surface area contributed by atoms with Crippen LogP contribution in [0.15, 0.2) is 65.6 Å². The van der Waals surface area contributed by atoms with Crippen LogP contribution >= 0.6 is 0 Å². The van der Waals surface area contributed by atoms with Crippen molar-refractivity contribution in [3.05, 3.63) is 66.2 Å². The van der Waals surface area contributed by atoms with Crippen LogP contribution in [-0.4, -0.2) is 54.5 Å². The Morgan fingerprint density at radius 2 is 1.64 bits per heavy atom. The molecule has 0 atom stereocenters. The summed E-state index contributed by atoms with van der Waals surface area (Å²) in [7, 11) is -2.47. The Bertz CT molecular complexity index is 1370. The summed E-state index contributed by atoms with van der Waals surface area (Å²) in [4.78, 5) is 14.9. The first-order chi connectivity index (χ1) is 17.4. The first-order valence-corrected chi connectivity index (χ1v) is 12.8. The number of rotatable bonds is 7. The van der Waals surface area contributed by atoms with Crippen molar-refractivity contribution in [1.82, 2.24) is 0 Å². The highest BCUT2D eigenvalue weighted by atomic mass is 32.2. The van der Waals surface area contributed by atoms with Crippen LogP contribution in [0.1, 0.15) is 10.4 Å². The molecule has 0 aromatic heterocycles. The van der Waals surface area contributed by atoms with Gasteiger partial charge in [0.1, 0.15) is 10.6 Å². The molecule has 0 spiro atoms. The number of hydrogen-bond acceptors (Lipinski definition) is 8. The van der Waals surface area contributed by atoms with Crippen LogP contribution in [0.3, 0.4) is 0 Å². The van der Waals surface area contributed by atoms with E-state index in [9.17, 15) is 13.2 Å². The van der Waals surface area contributed by atoms with Crippen LogP contribution in [0.2, 0.25) is 0 Å². The van der Waals surface area contributed by atoms with Gasteiger partial charge in [0.25, 0.3) is 15.9 Å². The van der Waals surface area contributed by atoms with E-state index in [0.29, 0.717) is 66.2 Å². The van der Waals surface area contributed by atoms with E-state index in [0.717, 1.165) is 0 Å². The first kappa shape index (κ1) is 23.8. The summed E-state index contributed by atoms with van der Waals surface area (Å²) in [6, 6.07) is 16.3. The minimum absolute atomic E-state index is 0.0451. The van der Waals surface area contributed by atoms with Gasteiger partial charge in [-0.25, -0.2) is 8.42 Å². The zero-order valence-corrected chi connectivity index (χ0v) is 20.3. The summed E-state index contributed by atoms with van der Waals surface area (Å²) in [6.45, 7) is 2.19. The lowest BCUT2D eigenvalue weighted by atomic mass is 10.1. The highest BCUT2D eigenvalue weighted by Crippen LogP contribution is 2.34. The van der Waals surface area contributed by atoms with Gasteiger partial charge in [-0.1, -0.05) is 0 Å². The lowest BCUT2D eigenvalue weighted by molar-refractivity contribution is 0.102. The summed E-state index contributed by atoms with van der Waals surface area (Å²) >= 11 is 0. The number of carbonyl (C=O) groups excluding carboxylic acids is 1. The average Bonchev–Trinajstić information content (AvgIpc) is 3.37. The summed E-state index contributed by atoms with van der Waals surface area (Å²) in [6.07, 6.45) is 0. The number of carbonyl (C=O) groups is 1. The maximum Gasteiger partial charge on any atom is 0.264 e. The third-order valence-electron chi connectivity index (χ3n) is 5.84. The topological polar surface area (TPSA) is 115 Å². The van der Waals surface area contributed by atoms with E-state index in [-0.39, 0.29) is 11.7 Å². The number of benzene rings is 3. The van der Waals surface area contributed by atoms with Crippen molar-refractivity contribution in [3.8, 4) is 17.2 Å². The van der Waals surface area contributed by atoms with Gasteiger partial charge in [-0.05, 0) is 60.7 Å². The maximum atomic E-state index is 13.5. The number of fused-ring (bicyclic) bond motifs is 1. The molecule has 0 aliphatic carbocycles.